The summed E-state index contributed by atoms with van der Waals surface area (Å²) in [6, 6.07) is 5.04. The Labute approximate surface area is 109 Å². The fourth-order valence-corrected chi connectivity index (χ4v) is 2.08. The average molecular weight is 268 g/mol. The number of halogens is 3. The second-order valence-corrected chi connectivity index (χ2v) is 4.49. The van der Waals surface area contributed by atoms with Crippen molar-refractivity contribution in [2.75, 3.05) is 6.54 Å². The Morgan fingerprint density at radius 3 is 2.58 bits per heavy atom. The summed E-state index contributed by atoms with van der Waals surface area (Å²) < 4.78 is 38.4. The van der Waals surface area contributed by atoms with Gasteiger partial charge in [-0.15, -0.1) is 0 Å². The van der Waals surface area contributed by atoms with Gasteiger partial charge in [-0.2, -0.15) is 13.2 Å². The van der Waals surface area contributed by atoms with Crippen LogP contribution in [0.1, 0.15) is 24.0 Å². The number of unbranched alkanes of at least 4 members (excludes halogenated alkanes) is 1. The molecular formula is C14H15F3N2. The molecule has 2 N–H and O–H groups in total. The van der Waals surface area contributed by atoms with Gasteiger partial charge in [0.15, 0.2) is 0 Å². The largest absolute Gasteiger partial charge is 0.418 e. The van der Waals surface area contributed by atoms with Crippen molar-refractivity contribution in [2.45, 2.75) is 25.4 Å². The highest BCUT2D eigenvalue weighted by atomic mass is 19.4. The molecule has 0 unspecified atom stereocenters. The summed E-state index contributed by atoms with van der Waals surface area (Å²) in [4.78, 5) is 3.68. The molecule has 19 heavy (non-hydrogen) atoms. The third-order valence-corrected chi connectivity index (χ3v) is 3.05. The number of hydrogen-bond donors (Lipinski definition) is 1. The van der Waals surface area contributed by atoms with Crippen LogP contribution in [0, 0.1) is 0 Å². The molecule has 2 aromatic rings. The summed E-state index contributed by atoms with van der Waals surface area (Å²) >= 11 is 0. The number of aryl methyl sites for hydroxylation is 1. The first-order valence-electron chi connectivity index (χ1n) is 6.16. The molecule has 0 aliphatic heterocycles. The average Bonchev–Trinajstić information content (AvgIpc) is 2.37. The first-order valence-corrected chi connectivity index (χ1v) is 6.16. The van der Waals surface area contributed by atoms with Crippen molar-refractivity contribution >= 4 is 10.8 Å². The van der Waals surface area contributed by atoms with E-state index in [1.54, 1.807) is 12.1 Å². The third-order valence-electron chi connectivity index (χ3n) is 3.05. The fourth-order valence-electron chi connectivity index (χ4n) is 2.08. The predicted octanol–water partition coefficient (Wildman–Crippen LogP) is 3.54. The van der Waals surface area contributed by atoms with E-state index in [0.29, 0.717) is 11.9 Å². The van der Waals surface area contributed by atoms with Crippen LogP contribution in [0.15, 0.2) is 30.6 Å². The van der Waals surface area contributed by atoms with Crippen LogP contribution < -0.4 is 5.73 Å². The Bertz CT molecular complexity index is 564. The molecule has 0 aliphatic carbocycles. The zero-order valence-corrected chi connectivity index (χ0v) is 10.4. The standard InChI is InChI=1S/C14H15F3N2/c15-14(16,17)13-9-19-8-11-7-10(3-1-2-6-18)4-5-12(11)13/h4-5,7-9H,1-3,6,18H2. The van der Waals surface area contributed by atoms with Crippen molar-refractivity contribution in [1.29, 1.82) is 0 Å². The van der Waals surface area contributed by atoms with Crippen molar-refractivity contribution in [3.8, 4) is 0 Å². The smallest absolute Gasteiger partial charge is 0.330 e. The first kappa shape index (κ1) is 13.8. The van der Waals surface area contributed by atoms with Crippen LogP contribution in [0.2, 0.25) is 0 Å². The van der Waals surface area contributed by atoms with Gasteiger partial charge in [-0.1, -0.05) is 12.1 Å². The zero-order valence-electron chi connectivity index (χ0n) is 10.4. The van der Waals surface area contributed by atoms with Gasteiger partial charge in [-0.05, 0) is 42.8 Å². The summed E-state index contributed by atoms with van der Waals surface area (Å²) in [5, 5.41) is 0.727. The van der Waals surface area contributed by atoms with Crippen LogP contribution in [-0.4, -0.2) is 11.5 Å². The molecule has 1 aromatic carbocycles. The molecule has 1 aromatic heterocycles. The SMILES string of the molecule is NCCCCc1ccc2c(C(F)(F)F)cncc2c1. The van der Waals surface area contributed by atoms with E-state index < -0.39 is 11.7 Å². The lowest BCUT2D eigenvalue weighted by molar-refractivity contribution is -0.136. The number of alkyl halides is 3. The summed E-state index contributed by atoms with van der Waals surface area (Å²) in [6.07, 6.45) is 0.650. The van der Waals surface area contributed by atoms with E-state index in [2.05, 4.69) is 4.98 Å². The summed E-state index contributed by atoms with van der Waals surface area (Å²) in [5.74, 6) is 0. The van der Waals surface area contributed by atoms with Crippen LogP contribution in [-0.2, 0) is 12.6 Å². The van der Waals surface area contributed by atoms with Crippen LogP contribution in [0.3, 0.4) is 0 Å². The number of pyridine rings is 1. The maximum absolute atomic E-state index is 12.8. The molecule has 0 saturated heterocycles. The molecule has 0 atom stereocenters. The Morgan fingerprint density at radius 2 is 1.89 bits per heavy atom. The van der Waals surface area contributed by atoms with E-state index in [-0.39, 0.29) is 5.39 Å². The van der Waals surface area contributed by atoms with Gasteiger partial charge in [0.2, 0.25) is 0 Å². The highest BCUT2D eigenvalue weighted by Crippen LogP contribution is 2.34. The van der Waals surface area contributed by atoms with Gasteiger partial charge >= 0.3 is 6.18 Å². The van der Waals surface area contributed by atoms with Crippen LogP contribution in [0.25, 0.3) is 10.8 Å². The van der Waals surface area contributed by atoms with Gasteiger partial charge < -0.3 is 5.73 Å². The molecule has 0 aliphatic rings. The van der Waals surface area contributed by atoms with E-state index in [1.165, 1.54) is 12.3 Å². The van der Waals surface area contributed by atoms with E-state index in [4.69, 9.17) is 5.73 Å². The van der Waals surface area contributed by atoms with Gasteiger partial charge in [0.1, 0.15) is 0 Å². The number of fused-ring (bicyclic) bond motifs is 1. The number of nitrogens with two attached hydrogens (primary N) is 1. The molecule has 102 valence electrons. The Hall–Kier alpha value is -1.62. The summed E-state index contributed by atoms with van der Waals surface area (Å²) in [7, 11) is 0. The lowest BCUT2D eigenvalue weighted by Gasteiger charge is -2.10. The number of nitrogens with zero attached hydrogens (tertiary/aromatic N) is 1. The first-order chi connectivity index (χ1) is 9.02. The maximum Gasteiger partial charge on any atom is 0.418 e. The van der Waals surface area contributed by atoms with Gasteiger partial charge in [-0.3, -0.25) is 4.98 Å². The van der Waals surface area contributed by atoms with Gasteiger partial charge in [0, 0.05) is 17.8 Å². The normalized spacial score (nSPS) is 12.0. The van der Waals surface area contributed by atoms with E-state index in [1.807, 2.05) is 0 Å². The number of aromatic nitrogens is 1. The molecule has 2 rings (SSSR count). The minimum Gasteiger partial charge on any atom is -0.330 e. The molecule has 0 radical (unpaired) electrons. The second kappa shape index (κ2) is 5.57. The summed E-state index contributed by atoms with van der Waals surface area (Å²) in [5.41, 5.74) is 5.75. The molecule has 0 saturated carbocycles. The summed E-state index contributed by atoms with van der Waals surface area (Å²) in [6.45, 7) is 0.632. The zero-order chi connectivity index (χ0) is 13.9. The highest BCUT2D eigenvalue weighted by molar-refractivity contribution is 5.85. The lowest BCUT2D eigenvalue weighted by atomic mass is 10.0. The number of hydrogen-bond acceptors (Lipinski definition) is 2. The van der Waals surface area contributed by atoms with Crippen molar-refractivity contribution in [3.05, 3.63) is 41.7 Å². The number of rotatable bonds is 4. The van der Waals surface area contributed by atoms with Crippen molar-refractivity contribution in [1.82, 2.24) is 4.98 Å². The Morgan fingerprint density at radius 1 is 1.11 bits per heavy atom. The minimum atomic E-state index is -4.37. The van der Waals surface area contributed by atoms with Crippen LogP contribution >= 0.6 is 0 Å². The number of benzene rings is 1. The van der Waals surface area contributed by atoms with E-state index in [0.717, 1.165) is 31.0 Å². The molecule has 0 bridgehead atoms. The third kappa shape index (κ3) is 3.23. The van der Waals surface area contributed by atoms with E-state index >= 15 is 0 Å². The monoisotopic (exact) mass is 268 g/mol. The predicted molar refractivity (Wildman–Crippen MR) is 68.7 cm³/mol. The van der Waals surface area contributed by atoms with Crippen molar-refractivity contribution < 1.29 is 13.2 Å². The van der Waals surface area contributed by atoms with Gasteiger partial charge in [-0.25, -0.2) is 0 Å². The molecule has 0 fully saturated rings. The second-order valence-electron chi connectivity index (χ2n) is 4.49. The van der Waals surface area contributed by atoms with Crippen LogP contribution in [0.5, 0.6) is 0 Å². The fraction of sp³-hybridized carbons (Fsp3) is 0.357. The van der Waals surface area contributed by atoms with Crippen LogP contribution in [0.4, 0.5) is 13.2 Å². The maximum atomic E-state index is 12.8. The van der Waals surface area contributed by atoms with Crippen molar-refractivity contribution in [3.63, 3.8) is 0 Å². The van der Waals surface area contributed by atoms with Crippen molar-refractivity contribution in [2.24, 2.45) is 5.73 Å². The molecule has 0 amide bonds. The topological polar surface area (TPSA) is 38.9 Å². The molecule has 2 nitrogen and oxygen atoms in total. The molecule has 5 heteroatoms. The Kier molecular flexibility index (Phi) is 4.04. The Balaban J connectivity index is 2.34. The van der Waals surface area contributed by atoms with Gasteiger partial charge in [0.25, 0.3) is 0 Å². The quantitative estimate of drug-likeness (QED) is 0.861. The lowest BCUT2D eigenvalue weighted by Crippen LogP contribution is -2.06. The molecule has 0 spiro atoms. The van der Waals surface area contributed by atoms with E-state index in [9.17, 15) is 13.2 Å². The molecular weight excluding hydrogens is 253 g/mol. The minimum absolute atomic E-state index is 0.199. The molecule has 1 heterocycles. The highest BCUT2D eigenvalue weighted by Gasteiger charge is 2.32. The van der Waals surface area contributed by atoms with Gasteiger partial charge in [0.05, 0.1) is 5.56 Å².